The SMILES string of the molecule is CCC(=O)[C@H](CCN)NC(=O)[C@@H](NC(=O)[C@@H]1C[C@@H](N)CN1C(O)CC(N)C1CCCCC1)C(C)O. The molecule has 1 saturated carbocycles. The van der Waals surface area contributed by atoms with Crippen molar-refractivity contribution in [3.05, 3.63) is 0 Å². The first-order valence-electron chi connectivity index (χ1n) is 13.1. The van der Waals surface area contributed by atoms with Crippen LogP contribution in [0.25, 0.3) is 0 Å². The Kier molecular flexibility index (Phi) is 12.0. The highest BCUT2D eigenvalue weighted by atomic mass is 16.3. The van der Waals surface area contributed by atoms with Gasteiger partial charge in [0, 0.05) is 31.5 Å². The molecule has 0 bridgehead atoms. The Morgan fingerprint density at radius 2 is 1.77 bits per heavy atom. The number of aliphatic hydroxyl groups excluding tert-OH is 2. The summed E-state index contributed by atoms with van der Waals surface area (Å²) < 4.78 is 0. The standard InChI is InChI=1S/C24H46N6O5/c1-3-20(32)18(9-10-25)28-24(35)22(14(2)31)29-23(34)19-11-16(26)13-30(19)21(33)12-17(27)15-7-5-4-6-8-15/h14-19,21-22,31,33H,3-13,25-27H2,1-2H3,(H,28,35)(H,29,34)/t14?,16-,17?,18+,19+,21?,22+/m1/s1. The van der Waals surface area contributed by atoms with E-state index < -0.39 is 42.3 Å². The second-order valence-corrected chi connectivity index (χ2v) is 10.2. The summed E-state index contributed by atoms with van der Waals surface area (Å²) in [5.74, 6) is -0.994. The van der Waals surface area contributed by atoms with Crippen LogP contribution in [0, 0.1) is 5.92 Å². The van der Waals surface area contributed by atoms with E-state index in [1.165, 1.54) is 13.3 Å². The number of aliphatic hydroxyl groups is 2. The van der Waals surface area contributed by atoms with Gasteiger partial charge in [0.25, 0.3) is 0 Å². The van der Waals surface area contributed by atoms with E-state index in [0.717, 1.165) is 25.7 Å². The van der Waals surface area contributed by atoms with E-state index in [9.17, 15) is 24.6 Å². The van der Waals surface area contributed by atoms with E-state index in [1.54, 1.807) is 11.8 Å². The number of Topliss-reactive ketones (excluding diaryl/α,β-unsaturated/α-hetero) is 1. The van der Waals surface area contributed by atoms with Gasteiger partial charge in [-0.15, -0.1) is 0 Å². The summed E-state index contributed by atoms with van der Waals surface area (Å²) in [5.41, 5.74) is 18.1. The Morgan fingerprint density at radius 3 is 2.34 bits per heavy atom. The number of carbonyl (C=O) groups is 3. The van der Waals surface area contributed by atoms with Crippen molar-refractivity contribution in [2.24, 2.45) is 23.1 Å². The number of nitrogens with two attached hydrogens (primary N) is 3. The van der Waals surface area contributed by atoms with Gasteiger partial charge in [0.1, 0.15) is 12.3 Å². The number of carbonyl (C=O) groups excluding carboxylic acids is 3. The van der Waals surface area contributed by atoms with Crippen LogP contribution in [0.4, 0.5) is 0 Å². The van der Waals surface area contributed by atoms with Gasteiger partial charge < -0.3 is 38.0 Å². The molecule has 202 valence electrons. The highest BCUT2D eigenvalue weighted by molar-refractivity contribution is 5.94. The topological polar surface area (TPSA) is 197 Å². The van der Waals surface area contributed by atoms with Gasteiger partial charge in [-0.3, -0.25) is 19.3 Å². The minimum absolute atomic E-state index is 0.169. The average molecular weight is 499 g/mol. The van der Waals surface area contributed by atoms with E-state index >= 15 is 0 Å². The van der Waals surface area contributed by atoms with Crippen LogP contribution in [0.1, 0.15) is 71.6 Å². The van der Waals surface area contributed by atoms with E-state index in [2.05, 4.69) is 10.6 Å². The number of rotatable bonds is 13. The van der Waals surface area contributed by atoms with Gasteiger partial charge in [-0.05, 0) is 45.1 Å². The summed E-state index contributed by atoms with van der Waals surface area (Å²) in [6.45, 7) is 3.61. The van der Waals surface area contributed by atoms with Crippen LogP contribution >= 0.6 is 0 Å². The summed E-state index contributed by atoms with van der Waals surface area (Å²) in [6.07, 6.45) is 4.59. The molecule has 1 aliphatic heterocycles. The highest BCUT2D eigenvalue weighted by Crippen LogP contribution is 2.29. The third kappa shape index (κ3) is 8.47. The molecule has 11 heteroatoms. The van der Waals surface area contributed by atoms with Crippen molar-refractivity contribution in [3.8, 4) is 0 Å². The Bertz CT molecular complexity index is 702. The molecule has 35 heavy (non-hydrogen) atoms. The Morgan fingerprint density at radius 1 is 1.11 bits per heavy atom. The van der Waals surface area contributed by atoms with Crippen LogP contribution in [0.3, 0.4) is 0 Å². The maximum absolute atomic E-state index is 13.2. The predicted molar refractivity (Wildman–Crippen MR) is 133 cm³/mol. The summed E-state index contributed by atoms with van der Waals surface area (Å²) in [4.78, 5) is 39.8. The lowest BCUT2D eigenvalue weighted by Crippen LogP contribution is -2.59. The van der Waals surface area contributed by atoms with Crippen molar-refractivity contribution < 1.29 is 24.6 Å². The second-order valence-electron chi connectivity index (χ2n) is 10.2. The van der Waals surface area contributed by atoms with Gasteiger partial charge >= 0.3 is 0 Å². The predicted octanol–water partition coefficient (Wildman–Crippen LogP) is -1.32. The van der Waals surface area contributed by atoms with Crippen molar-refractivity contribution in [1.82, 2.24) is 15.5 Å². The van der Waals surface area contributed by atoms with Gasteiger partial charge in [0.15, 0.2) is 5.78 Å². The smallest absolute Gasteiger partial charge is 0.245 e. The van der Waals surface area contributed by atoms with E-state index in [-0.39, 0.29) is 37.3 Å². The molecule has 1 aliphatic carbocycles. The zero-order valence-electron chi connectivity index (χ0n) is 21.2. The van der Waals surface area contributed by atoms with Gasteiger partial charge in [-0.1, -0.05) is 26.2 Å². The Balaban J connectivity index is 2.04. The van der Waals surface area contributed by atoms with Gasteiger partial charge in [-0.2, -0.15) is 0 Å². The monoisotopic (exact) mass is 498 g/mol. The molecule has 2 rings (SSSR count). The third-order valence-electron chi connectivity index (χ3n) is 7.37. The lowest BCUT2D eigenvalue weighted by molar-refractivity contribution is -0.137. The first-order chi connectivity index (χ1) is 16.6. The van der Waals surface area contributed by atoms with Crippen LogP contribution in [-0.4, -0.2) is 88.3 Å². The lowest BCUT2D eigenvalue weighted by atomic mass is 9.83. The minimum Gasteiger partial charge on any atom is -0.391 e. The number of amides is 2. The molecule has 10 N–H and O–H groups in total. The highest BCUT2D eigenvalue weighted by Gasteiger charge is 2.41. The second kappa shape index (κ2) is 14.2. The quantitative estimate of drug-likeness (QED) is 0.161. The molecule has 0 spiro atoms. The molecule has 3 unspecified atom stereocenters. The molecule has 2 amide bonds. The van der Waals surface area contributed by atoms with Crippen molar-refractivity contribution in [1.29, 1.82) is 0 Å². The molecular weight excluding hydrogens is 452 g/mol. The van der Waals surface area contributed by atoms with Gasteiger partial charge in [-0.25, -0.2) is 0 Å². The first kappa shape index (κ1) is 29.6. The zero-order valence-corrected chi connectivity index (χ0v) is 21.2. The number of hydrogen-bond acceptors (Lipinski definition) is 9. The fourth-order valence-electron chi connectivity index (χ4n) is 5.26. The number of ketones is 1. The lowest BCUT2D eigenvalue weighted by Gasteiger charge is -2.34. The number of nitrogens with one attached hydrogen (secondary N) is 2. The summed E-state index contributed by atoms with van der Waals surface area (Å²) >= 11 is 0. The maximum atomic E-state index is 13.2. The Labute approximate surface area is 208 Å². The molecule has 1 heterocycles. The van der Waals surface area contributed by atoms with E-state index in [1.807, 2.05) is 0 Å². The molecule has 0 aromatic rings. The largest absolute Gasteiger partial charge is 0.391 e. The van der Waals surface area contributed by atoms with Crippen LogP contribution in [-0.2, 0) is 14.4 Å². The average Bonchev–Trinajstić information content (AvgIpc) is 3.23. The number of likely N-dealkylation sites (tertiary alicyclic amines) is 1. The summed E-state index contributed by atoms with van der Waals surface area (Å²) in [5, 5.41) is 26.4. The molecule has 1 saturated heterocycles. The van der Waals surface area contributed by atoms with E-state index in [0.29, 0.717) is 25.3 Å². The van der Waals surface area contributed by atoms with E-state index in [4.69, 9.17) is 17.2 Å². The normalized spacial score (nSPS) is 25.9. The fourth-order valence-corrected chi connectivity index (χ4v) is 5.26. The molecule has 11 nitrogen and oxygen atoms in total. The summed E-state index contributed by atoms with van der Waals surface area (Å²) in [7, 11) is 0. The summed E-state index contributed by atoms with van der Waals surface area (Å²) in [6, 6.07) is -3.30. The number of nitrogens with zero attached hydrogens (tertiary/aromatic N) is 1. The number of hydrogen-bond donors (Lipinski definition) is 7. The van der Waals surface area contributed by atoms with Crippen LogP contribution in [0.5, 0.6) is 0 Å². The molecule has 2 fully saturated rings. The van der Waals surface area contributed by atoms with Gasteiger partial charge in [0.2, 0.25) is 11.8 Å². The fraction of sp³-hybridized carbons (Fsp3) is 0.875. The molecule has 2 aliphatic rings. The first-order valence-corrected chi connectivity index (χ1v) is 13.1. The molecule has 0 aromatic carbocycles. The van der Waals surface area contributed by atoms with Crippen LogP contribution in [0.15, 0.2) is 0 Å². The molecule has 0 radical (unpaired) electrons. The minimum atomic E-state index is -1.27. The van der Waals surface area contributed by atoms with Crippen molar-refractivity contribution in [2.75, 3.05) is 13.1 Å². The maximum Gasteiger partial charge on any atom is 0.245 e. The zero-order chi connectivity index (χ0) is 26.1. The van der Waals surface area contributed by atoms with Crippen molar-refractivity contribution >= 4 is 17.6 Å². The van der Waals surface area contributed by atoms with Crippen LogP contribution in [0.2, 0.25) is 0 Å². The molecule has 0 aromatic heterocycles. The Hall–Kier alpha value is -1.63. The van der Waals surface area contributed by atoms with Crippen LogP contribution < -0.4 is 27.8 Å². The van der Waals surface area contributed by atoms with Gasteiger partial charge in [0.05, 0.1) is 18.2 Å². The molecular formula is C24H46N6O5. The van der Waals surface area contributed by atoms with Crippen molar-refractivity contribution in [2.45, 2.75) is 114 Å². The third-order valence-corrected chi connectivity index (χ3v) is 7.37. The molecule has 7 atom stereocenters. The van der Waals surface area contributed by atoms with Crippen molar-refractivity contribution in [3.63, 3.8) is 0 Å².